The van der Waals surface area contributed by atoms with E-state index in [1.807, 2.05) is 27.9 Å². The quantitative estimate of drug-likeness (QED) is 0.803. The summed E-state index contributed by atoms with van der Waals surface area (Å²) in [6, 6.07) is 0. The number of anilines is 1. The molecule has 1 saturated carbocycles. The monoisotopic (exact) mass is 229 g/mol. The zero-order valence-electron chi connectivity index (χ0n) is 10.0. The number of H-pyrrole nitrogens is 1. The maximum absolute atomic E-state index is 13.6. The lowest BCUT2D eigenvalue weighted by Crippen LogP contribution is -2.14. The number of nitrogens with zero attached hydrogens (tertiary/aromatic N) is 2. The molecule has 0 amide bonds. The fraction of sp³-hybridized carbons (Fsp3) is 0.727. The van der Waals surface area contributed by atoms with Gasteiger partial charge in [-0.05, 0) is 12.3 Å². The summed E-state index contributed by atoms with van der Waals surface area (Å²) in [6.07, 6.45) is 0.611. The largest absolute Gasteiger partial charge is 0.361 e. The Kier molecular flexibility index (Phi) is 2.44. The molecule has 0 saturated heterocycles. The number of rotatable bonds is 1. The molecule has 2 aliphatic carbocycles. The number of aromatic amines is 1. The Morgan fingerprint density at radius 1 is 1.38 bits per heavy atom. The van der Waals surface area contributed by atoms with E-state index in [9.17, 15) is 8.78 Å². The highest BCUT2D eigenvalue weighted by atomic mass is 19.3. The van der Waals surface area contributed by atoms with Gasteiger partial charge < -0.3 is 4.90 Å². The highest BCUT2D eigenvalue weighted by Gasteiger charge is 2.66. The molecule has 0 bridgehead atoms. The van der Waals surface area contributed by atoms with Gasteiger partial charge in [-0.2, -0.15) is 13.9 Å². The first-order valence-corrected chi connectivity index (χ1v) is 5.67. The van der Waals surface area contributed by atoms with Crippen LogP contribution < -0.4 is 4.90 Å². The second-order valence-corrected chi connectivity index (χ2v) is 4.30. The summed E-state index contributed by atoms with van der Waals surface area (Å²) < 4.78 is 27.1. The van der Waals surface area contributed by atoms with Gasteiger partial charge in [0.05, 0.1) is 0 Å². The summed E-state index contributed by atoms with van der Waals surface area (Å²) in [5, 5.41) is 6.41. The van der Waals surface area contributed by atoms with Crippen LogP contribution in [0.4, 0.5) is 14.6 Å². The third kappa shape index (κ3) is 1.26. The van der Waals surface area contributed by atoms with Gasteiger partial charge >= 0.3 is 0 Å². The molecular weight excluding hydrogens is 212 g/mol. The summed E-state index contributed by atoms with van der Waals surface area (Å²) in [5.41, 5.74) is 0.785. The second kappa shape index (κ2) is 3.43. The first-order valence-electron chi connectivity index (χ1n) is 5.67. The number of hydrogen-bond acceptors (Lipinski definition) is 2. The molecule has 0 aromatic carbocycles. The predicted molar refractivity (Wildman–Crippen MR) is 59.0 cm³/mol. The van der Waals surface area contributed by atoms with Crippen LogP contribution in [-0.4, -0.2) is 24.3 Å². The van der Waals surface area contributed by atoms with Crippen molar-refractivity contribution in [3.05, 3.63) is 11.3 Å². The molecule has 0 aliphatic heterocycles. The lowest BCUT2D eigenvalue weighted by Gasteiger charge is -2.10. The van der Waals surface area contributed by atoms with E-state index in [1.54, 1.807) is 4.90 Å². The lowest BCUT2D eigenvalue weighted by atomic mass is 10.1. The standard InChI is InChI=1S/C9H11F2N3.C2H6/c1-14(2)8-6-4-3-5(4)9(10,11)7(6)12-13-8;1-2/h4-5H,3H2,1-2H3,(H,12,13);1-2H3. The molecular formula is C11H17F2N3. The van der Waals surface area contributed by atoms with Gasteiger partial charge in [0, 0.05) is 25.6 Å². The summed E-state index contributed by atoms with van der Waals surface area (Å²) in [4.78, 5) is 1.78. The van der Waals surface area contributed by atoms with E-state index in [0.29, 0.717) is 12.2 Å². The molecule has 3 rings (SSSR count). The van der Waals surface area contributed by atoms with Crippen molar-refractivity contribution in [2.24, 2.45) is 5.92 Å². The third-order valence-electron chi connectivity index (χ3n) is 3.17. The number of fused-ring (bicyclic) bond motifs is 3. The van der Waals surface area contributed by atoms with Gasteiger partial charge in [-0.25, -0.2) is 0 Å². The molecule has 90 valence electrons. The zero-order valence-corrected chi connectivity index (χ0v) is 10.0. The first-order chi connectivity index (χ1) is 7.53. The fourth-order valence-electron chi connectivity index (χ4n) is 2.39. The molecule has 0 spiro atoms. The van der Waals surface area contributed by atoms with Crippen molar-refractivity contribution in [2.45, 2.75) is 32.1 Å². The number of nitrogens with one attached hydrogen (secondary N) is 1. The molecule has 1 aromatic heterocycles. The van der Waals surface area contributed by atoms with Gasteiger partial charge in [-0.1, -0.05) is 13.8 Å². The fourth-order valence-corrected chi connectivity index (χ4v) is 2.39. The van der Waals surface area contributed by atoms with E-state index >= 15 is 0 Å². The highest BCUT2D eigenvalue weighted by Crippen LogP contribution is 2.67. The van der Waals surface area contributed by atoms with E-state index in [1.165, 1.54) is 0 Å². The molecule has 16 heavy (non-hydrogen) atoms. The van der Waals surface area contributed by atoms with Crippen molar-refractivity contribution < 1.29 is 8.78 Å². The Morgan fingerprint density at radius 2 is 2.00 bits per heavy atom. The molecule has 1 N–H and O–H groups in total. The molecule has 1 aromatic rings. The second-order valence-electron chi connectivity index (χ2n) is 4.30. The summed E-state index contributed by atoms with van der Waals surface area (Å²) >= 11 is 0. The molecule has 5 heteroatoms. The van der Waals surface area contributed by atoms with Crippen molar-refractivity contribution in [1.29, 1.82) is 0 Å². The van der Waals surface area contributed by atoms with Crippen LogP contribution in [0, 0.1) is 5.92 Å². The van der Waals surface area contributed by atoms with Crippen LogP contribution >= 0.6 is 0 Å². The van der Waals surface area contributed by atoms with Crippen molar-refractivity contribution in [3.8, 4) is 0 Å². The molecule has 2 atom stereocenters. The SMILES string of the molecule is CC.CN(C)c1n[nH]c2c1C1CC1C2(F)F. The van der Waals surface area contributed by atoms with Crippen LogP contribution in [0.3, 0.4) is 0 Å². The van der Waals surface area contributed by atoms with Crippen LogP contribution in [-0.2, 0) is 5.92 Å². The van der Waals surface area contributed by atoms with Gasteiger partial charge in [-0.15, -0.1) is 0 Å². The lowest BCUT2D eigenvalue weighted by molar-refractivity contribution is -0.0268. The Bertz CT molecular complexity index is 398. The van der Waals surface area contributed by atoms with Crippen LogP contribution in [0.5, 0.6) is 0 Å². The molecule has 0 radical (unpaired) electrons. The summed E-state index contributed by atoms with van der Waals surface area (Å²) in [7, 11) is 3.65. The molecule has 3 nitrogen and oxygen atoms in total. The van der Waals surface area contributed by atoms with Gasteiger partial charge in [0.15, 0.2) is 5.82 Å². The van der Waals surface area contributed by atoms with Gasteiger partial charge in [0.1, 0.15) is 5.69 Å². The van der Waals surface area contributed by atoms with Crippen LogP contribution in [0.2, 0.25) is 0 Å². The van der Waals surface area contributed by atoms with Crippen LogP contribution in [0.15, 0.2) is 0 Å². The Labute approximate surface area is 93.8 Å². The topological polar surface area (TPSA) is 31.9 Å². The molecule has 2 unspecified atom stereocenters. The average molecular weight is 229 g/mol. The van der Waals surface area contributed by atoms with Crippen molar-refractivity contribution in [1.82, 2.24) is 10.2 Å². The zero-order chi connectivity index (χ0) is 12.1. The highest BCUT2D eigenvalue weighted by molar-refractivity contribution is 5.57. The minimum atomic E-state index is -2.68. The van der Waals surface area contributed by atoms with Gasteiger partial charge in [0.25, 0.3) is 5.92 Å². The summed E-state index contributed by atoms with van der Waals surface area (Å²) in [6.45, 7) is 4.00. The van der Waals surface area contributed by atoms with E-state index < -0.39 is 11.8 Å². The number of aromatic nitrogens is 2. The predicted octanol–water partition coefficient (Wildman–Crippen LogP) is 2.71. The van der Waals surface area contributed by atoms with Crippen molar-refractivity contribution in [3.63, 3.8) is 0 Å². The van der Waals surface area contributed by atoms with Crippen molar-refractivity contribution in [2.75, 3.05) is 19.0 Å². The van der Waals surface area contributed by atoms with E-state index in [-0.39, 0.29) is 11.6 Å². The molecule has 2 aliphatic rings. The normalized spacial score (nSPS) is 27.6. The molecule has 1 fully saturated rings. The smallest absolute Gasteiger partial charge is 0.292 e. The Balaban J connectivity index is 0.000000457. The maximum atomic E-state index is 13.6. The van der Waals surface area contributed by atoms with E-state index in [0.717, 1.165) is 5.56 Å². The van der Waals surface area contributed by atoms with E-state index in [2.05, 4.69) is 10.2 Å². The van der Waals surface area contributed by atoms with Gasteiger partial charge in [0.2, 0.25) is 0 Å². The number of alkyl halides is 2. The summed E-state index contributed by atoms with van der Waals surface area (Å²) in [5.74, 6) is -2.44. The number of hydrogen-bond donors (Lipinski definition) is 1. The average Bonchev–Trinajstić information content (AvgIpc) is 2.86. The van der Waals surface area contributed by atoms with E-state index in [4.69, 9.17) is 0 Å². The molecule has 1 heterocycles. The Morgan fingerprint density at radius 3 is 2.56 bits per heavy atom. The minimum Gasteiger partial charge on any atom is -0.361 e. The van der Waals surface area contributed by atoms with Gasteiger partial charge in [-0.3, -0.25) is 5.10 Å². The van der Waals surface area contributed by atoms with Crippen LogP contribution in [0.1, 0.15) is 37.4 Å². The minimum absolute atomic E-state index is 0.0381. The third-order valence-corrected chi connectivity index (χ3v) is 3.17. The van der Waals surface area contributed by atoms with Crippen molar-refractivity contribution >= 4 is 5.82 Å². The maximum Gasteiger partial charge on any atom is 0.292 e. The number of halogens is 2. The first kappa shape index (κ1) is 11.4. The van der Waals surface area contributed by atoms with Crippen LogP contribution in [0.25, 0.3) is 0 Å². The Hall–Kier alpha value is -1.13.